The van der Waals surface area contributed by atoms with Crippen LogP contribution in [0.3, 0.4) is 0 Å². The number of ether oxygens (including phenoxy) is 2. The number of alkyl halides is 3. The Morgan fingerprint density at radius 3 is 1.59 bits per heavy atom. The monoisotopic (exact) mass is 492 g/mol. The van der Waals surface area contributed by atoms with Gasteiger partial charge in [-0.3, -0.25) is 4.52 Å². The van der Waals surface area contributed by atoms with Crippen LogP contribution < -0.4 is 0 Å². The van der Waals surface area contributed by atoms with Gasteiger partial charge in [-0.25, -0.2) is 4.57 Å². The lowest BCUT2D eigenvalue weighted by Crippen LogP contribution is -2.25. The summed E-state index contributed by atoms with van der Waals surface area (Å²) >= 11 is 0. The van der Waals surface area contributed by atoms with E-state index in [1.165, 1.54) is 70.6 Å². The molecule has 6 nitrogen and oxygen atoms in total. The summed E-state index contributed by atoms with van der Waals surface area (Å²) in [6, 6.07) is 0. The second kappa shape index (κ2) is 20.2. The van der Waals surface area contributed by atoms with Gasteiger partial charge in [0.05, 0.1) is 19.8 Å². The van der Waals surface area contributed by atoms with E-state index in [0.717, 1.165) is 19.3 Å². The minimum Gasteiger partial charge on any atom is -0.381 e. The van der Waals surface area contributed by atoms with Crippen LogP contribution in [0.15, 0.2) is 0 Å². The van der Waals surface area contributed by atoms with Gasteiger partial charge >= 0.3 is 14.0 Å². The molecule has 1 unspecified atom stereocenters. The van der Waals surface area contributed by atoms with E-state index in [9.17, 15) is 17.7 Å². The Labute approximate surface area is 191 Å². The maximum atomic E-state index is 12.2. The molecule has 0 aliphatic rings. The lowest BCUT2D eigenvalue weighted by atomic mass is 10.0. The molecule has 10 heteroatoms. The van der Waals surface area contributed by atoms with Crippen molar-refractivity contribution in [3.8, 4) is 0 Å². The van der Waals surface area contributed by atoms with Gasteiger partial charge in [-0.2, -0.15) is 13.2 Å². The highest BCUT2D eigenvalue weighted by Gasteiger charge is 2.28. The van der Waals surface area contributed by atoms with Crippen LogP contribution in [0, 0.1) is 5.92 Å². The van der Waals surface area contributed by atoms with E-state index in [-0.39, 0.29) is 13.2 Å². The molecule has 0 heterocycles. The lowest BCUT2D eigenvalue weighted by Gasteiger charge is -2.18. The van der Waals surface area contributed by atoms with Crippen molar-refractivity contribution in [3.63, 3.8) is 0 Å². The molecule has 32 heavy (non-hydrogen) atoms. The molecule has 2 N–H and O–H groups in total. The Morgan fingerprint density at radius 1 is 0.719 bits per heavy atom. The highest BCUT2D eigenvalue weighted by atomic mass is 31.2. The molecule has 0 rings (SSSR count). The number of phosphoric acid groups is 1. The Morgan fingerprint density at radius 2 is 1.16 bits per heavy atom. The van der Waals surface area contributed by atoms with Crippen molar-refractivity contribution in [2.45, 2.75) is 103 Å². The third-order valence-electron chi connectivity index (χ3n) is 5.09. The first-order valence-corrected chi connectivity index (χ1v) is 13.6. The Balaban J connectivity index is 3.63. The highest BCUT2D eigenvalue weighted by Crippen LogP contribution is 2.36. The fourth-order valence-electron chi connectivity index (χ4n) is 3.34. The number of hydrogen-bond donors (Lipinski definition) is 2. The van der Waals surface area contributed by atoms with Gasteiger partial charge in [-0.05, 0) is 6.42 Å². The number of halogens is 3. The molecule has 0 aliphatic heterocycles. The summed E-state index contributed by atoms with van der Waals surface area (Å²) in [4.78, 5) is 17.5. The Kier molecular flexibility index (Phi) is 20.1. The normalized spacial score (nSPS) is 13.6. The lowest BCUT2D eigenvalue weighted by molar-refractivity contribution is -0.178. The molecule has 0 aromatic rings. The quantitative estimate of drug-likeness (QED) is 0.121. The van der Waals surface area contributed by atoms with Crippen LogP contribution in [0.4, 0.5) is 13.2 Å². The van der Waals surface area contributed by atoms with Crippen molar-refractivity contribution in [1.29, 1.82) is 0 Å². The zero-order chi connectivity index (χ0) is 24.1. The van der Waals surface area contributed by atoms with E-state index in [0.29, 0.717) is 6.61 Å². The zero-order valence-corrected chi connectivity index (χ0v) is 20.5. The van der Waals surface area contributed by atoms with E-state index in [4.69, 9.17) is 14.5 Å². The topological polar surface area (TPSA) is 85.2 Å². The first-order valence-electron chi connectivity index (χ1n) is 12.1. The molecule has 0 saturated heterocycles. The summed E-state index contributed by atoms with van der Waals surface area (Å²) in [5.74, 6) is -0.684. The maximum Gasteiger partial charge on any atom is 0.469 e. The minimum absolute atomic E-state index is 0.0241. The molecule has 0 aromatic carbocycles. The van der Waals surface area contributed by atoms with Gasteiger partial charge in [0.1, 0.15) is 6.61 Å². The molecule has 0 radical (unpaired) electrons. The molecule has 0 aromatic heterocycles. The van der Waals surface area contributed by atoms with E-state index in [2.05, 4.69) is 16.2 Å². The first-order chi connectivity index (χ1) is 15.1. The van der Waals surface area contributed by atoms with Crippen molar-refractivity contribution in [3.05, 3.63) is 0 Å². The average Bonchev–Trinajstić information content (AvgIpc) is 2.69. The fraction of sp³-hybridized carbons (Fsp3) is 1.00. The third kappa shape index (κ3) is 26.1. The van der Waals surface area contributed by atoms with Crippen LogP contribution in [0.2, 0.25) is 0 Å². The van der Waals surface area contributed by atoms with Gasteiger partial charge in [0.2, 0.25) is 0 Å². The summed E-state index contributed by atoms with van der Waals surface area (Å²) in [5.41, 5.74) is 0. The summed E-state index contributed by atoms with van der Waals surface area (Å²) in [6.45, 7) is 0.510. The molecule has 0 bridgehead atoms. The van der Waals surface area contributed by atoms with Crippen molar-refractivity contribution in [2.75, 3.05) is 33.0 Å². The standard InChI is InChI=1S/C22H44F3O6P/c1-2-3-4-5-6-7-8-9-10-11-12-13-14-15-16-29-17-21(19-31-32(26,27)28)18-30-20-22(23,24)25/h21H,2-20H2,1H3,(H2,26,27,28). The third-order valence-corrected chi connectivity index (χ3v) is 5.58. The molecule has 0 amide bonds. The zero-order valence-electron chi connectivity index (χ0n) is 19.6. The average molecular weight is 493 g/mol. The van der Waals surface area contributed by atoms with E-state index >= 15 is 0 Å². The molecule has 0 spiro atoms. The first kappa shape index (κ1) is 31.8. The molecule has 0 saturated carbocycles. The van der Waals surface area contributed by atoms with Crippen molar-refractivity contribution in [1.82, 2.24) is 0 Å². The van der Waals surface area contributed by atoms with Crippen LogP contribution in [0.5, 0.6) is 0 Å². The summed E-state index contributed by atoms with van der Waals surface area (Å²) < 4.78 is 61.7. The van der Waals surface area contributed by atoms with Crippen LogP contribution in [-0.2, 0) is 18.6 Å². The smallest absolute Gasteiger partial charge is 0.381 e. The number of unbranched alkanes of at least 4 members (excludes halogenated alkanes) is 13. The largest absolute Gasteiger partial charge is 0.469 e. The van der Waals surface area contributed by atoms with Crippen LogP contribution in [0.25, 0.3) is 0 Å². The number of phosphoric ester groups is 1. The van der Waals surface area contributed by atoms with E-state index < -0.39 is 33.1 Å². The number of hydrogen-bond acceptors (Lipinski definition) is 4. The van der Waals surface area contributed by atoms with Gasteiger partial charge in [-0.1, -0.05) is 90.4 Å². The molecule has 1 atom stereocenters. The van der Waals surface area contributed by atoms with Crippen LogP contribution in [-0.4, -0.2) is 49.0 Å². The van der Waals surface area contributed by atoms with Gasteiger partial charge in [-0.15, -0.1) is 0 Å². The molecular formula is C22H44F3O6P. The van der Waals surface area contributed by atoms with Gasteiger partial charge < -0.3 is 19.3 Å². The van der Waals surface area contributed by atoms with Gasteiger partial charge in [0.25, 0.3) is 0 Å². The Bertz CT molecular complexity index is 459. The minimum atomic E-state index is -4.69. The highest BCUT2D eigenvalue weighted by molar-refractivity contribution is 7.46. The number of rotatable bonds is 23. The van der Waals surface area contributed by atoms with Gasteiger partial charge in [0.15, 0.2) is 0 Å². The van der Waals surface area contributed by atoms with E-state index in [1.807, 2.05) is 0 Å². The summed E-state index contributed by atoms with van der Waals surface area (Å²) in [6.07, 6.45) is 13.0. The molecule has 194 valence electrons. The second-order valence-corrected chi connectivity index (χ2v) is 9.69. The molecule has 0 aliphatic carbocycles. The van der Waals surface area contributed by atoms with E-state index in [1.54, 1.807) is 0 Å². The maximum absolute atomic E-state index is 12.2. The van der Waals surface area contributed by atoms with Crippen molar-refractivity contribution < 1.29 is 41.5 Å². The molecule has 0 fully saturated rings. The SMILES string of the molecule is CCCCCCCCCCCCCCCCOCC(COCC(F)(F)F)COP(=O)(O)O. The van der Waals surface area contributed by atoms with Crippen molar-refractivity contribution >= 4 is 7.82 Å². The summed E-state index contributed by atoms with van der Waals surface area (Å²) in [5, 5.41) is 0. The second-order valence-electron chi connectivity index (χ2n) is 8.45. The summed E-state index contributed by atoms with van der Waals surface area (Å²) in [7, 11) is -4.69. The van der Waals surface area contributed by atoms with Crippen LogP contribution >= 0.6 is 7.82 Å². The molecular weight excluding hydrogens is 448 g/mol. The van der Waals surface area contributed by atoms with Crippen LogP contribution in [0.1, 0.15) is 96.8 Å². The predicted octanol–water partition coefficient (Wildman–Crippen LogP) is 6.79. The predicted molar refractivity (Wildman–Crippen MR) is 119 cm³/mol. The van der Waals surface area contributed by atoms with Crippen molar-refractivity contribution in [2.24, 2.45) is 5.92 Å². The fourth-order valence-corrected chi connectivity index (χ4v) is 3.74. The van der Waals surface area contributed by atoms with Gasteiger partial charge in [0, 0.05) is 12.5 Å². The Hall–Kier alpha value is -0.180.